The zero-order valence-corrected chi connectivity index (χ0v) is 11.0. The fourth-order valence-corrected chi connectivity index (χ4v) is 2.34. The number of nitrogens with one attached hydrogen (secondary N) is 1. The number of halogens is 5. The minimum absolute atomic E-state index is 0.279. The van der Waals surface area contributed by atoms with Crippen molar-refractivity contribution in [2.24, 2.45) is 0 Å². The number of benzene rings is 1. The molecule has 0 amide bonds. The predicted molar refractivity (Wildman–Crippen MR) is 66.3 cm³/mol. The lowest BCUT2D eigenvalue weighted by molar-refractivity contribution is -0.274. The van der Waals surface area contributed by atoms with Gasteiger partial charge in [-0.25, -0.2) is 8.78 Å². The lowest BCUT2D eigenvalue weighted by Crippen LogP contribution is -2.46. The molecule has 0 bridgehead atoms. The van der Waals surface area contributed by atoms with Crippen molar-refractivity contribution in [1.29, 1.82) is 0 Å². The van der Waals surface area contributed by atoms with Crippen molar-refractivity contribution < 1.29 is 26.7 Å². The molecule has 0 aliphatic carbocycles. The van der Waals surface area contributed by atoms with Gasteiger partial charge in [-0.3, -0.25) is 4.90 Å². The number of hydrogen-bond acceptors (Lipinski definition) is 3. The third kappa shape index (κ3) is 4.53. The summed E-state index contributed by atoms with van der Waals surface area (Å²) in [5.41, 5.74) is 0.279. The highest BCUT2D eigenvalue weighted by molar-refractivity contribution is 5.29. The topological polar surface area (TPSA) is 24.5 Å². The number of ether oxygens (including phenoxy) is 1. The molecule has 1 aliphatic heterocycles. The predicted octanol–water partition coefficient (Wildman–Crippen LogP) is 2.80. The Hall–Kier alpha value is -1.41. The molecule has 2 rings (SSSR count). The van der Waals surface area contributed by atoms with Crippen molar-refractivity contribution in [3.05, 3.63) is 29.8 Å². The van der Waals surface area contributed by atoms with Gasteiger partial charge >= 0.3 is 6.36 Å². The Morgan fingerprint density at radius 2 is 1.62 bits per heavy atom. The van der Waals surface area contributed by atoms with E-state index in [9.17, 15) is 22.0 Å². The summed E-state index contributed by atoms with van der Waals surface area (Å²) in [7, 11) is 0. The van der Waals surface area contributed by atoms with Gasteiger partial charge in [0.15, 0.2) is 0 Å². The zero-order valence-electron chi connectivity index (χ0n) is 11.0. The largest absolute Gasteiger partial charge is 0.573 e. The van der Waals surface area contributed by atoms with E-state index in [0.29, 0.717) is 26.2 Å². The van der Waals surface area contributed by atoms with Crippen LogP contribution in [0.15, 0.2) is 24.3 Å². The Kier molecular flexibility index (Phi) is 5.00. The minimum atomic E-state index is -4.79. The lowest BCUT2D eigenvalue weighted by atomic mass is 10.0. The molecular formula is C13H15F5N2O. The summed E-state index contributed by atoms with van der Waals surface area (Å²) in [5, 5.41) is 3.06. The van der Waals surface area contributed by atoms with Gasteiger partial charge in [-0.05, 0) is 17.7 Å². The van der Waals surface area contributed by atoms with Gasteiger partial charge < -0.3 is 10.1 Å². The average molecular weight is 310 g/mol. The molecule has 0 radical (unpaired) electrons. The van der Waals surface area contributed by atoms with Crippen molar-refractivity contribution >= 4 is 0 Å². The first-order valence-electron chi connectivity index (χ1n) is 6.45. The molecule has 1 saturated heterocycles. The van der Waals surface area contributed by atoms with Crippen LogP contribution in [-0.2, 0) is 0 Å². The molecule has 0 aromatic heterocycles. The Balaban J connectivity index is 2.13. The number of rotatable bonds is 4. The second-order valence-electron chi connectivity index (χ2n) is 4.68. The summed E-state index contributed by atoms with van der Waals surface area (Å²) < 4.78 is 66.5. The number of alkyl halides is 5. The van der Waals surface area contributed by atoms with E-state index in [1.165, 1.54) is 12.1 Å². The summed E-state index contributed by atoms with van der Waals surface area (Å²) >= 11 is 0. The van der Waals surface area contributed by atoms with Crippen LogP contribution >= 0.6 is 0 Å². The van der Waals surface area contributed by atoms with Gasteiger partial charge in [-0.15, -0.1) is 13.2 Å². The van der Waals surface area contributed by atoms with Crippen LogP contribution in [0.3, 0.4) is 0 Å². The van der Waals surface area contributed by atoms with Crippen molar-refractivity contribution in [3.8, 4) is 5.75 Å². The Morgan fingerprint density at radius 3 is 2.10 bits per heavy atom. The van der Waals surface area contributed by atoms with Crippen molar-refractivity contribution in [2.75, 3.05) is 26.2 Å². The third-order valence-corrected chi connectivity index (χ3v) is 3.24. The van der Waals surface area contributed by atoms with E-state index in [-0.39, 0.29) is 5.56 Å². The lowest BCUT2D eigenvalue weighted by Gasteiger charge is -2.34. The first-order valence-corrected chi connectivity index (χ1v) is 6.45. The number of piperazine rings is 1. The van der Waals surface area contributed by atoms with Crippen LogP contribution < -0.4 is 10.1 Å². The van der Waals surface area contributed by atoms with Crippen LogP contribution in [0, 0.1) is 0 Å². The van der Waals surface area contributed by atoms with Gasteiger partial charge in [-0.1, -0.05) is 12.1 Å². The summed E-state index contributed by atoms with van der Waals surface area (Å²) in [6, 6.07) is 3.49. The second-order valence-corrected chi connectivity index (χ2v) is 4.68. The fraction of sp³-hybridized carbons (Fsp3) is 0.538. The van der Waals surface area contributed by atoms with E-state index in [1.54, 1.807) is 4.90 Å². The molecule has 1 aromatic rings. The van der Waals surface area contributed by atoms with E-state index in [1.807, 2.05) is 0 Å². The maximum Gasteiger partial charge on any atom is 0.573 e. The molecule has 1 fully saturated rings. The van der Waals surface area contributed by atoms with Crippen molar-refractivity contribution in [2.45, 2.75) is 18.8 Å². The smallest absolute Gasteiger partial charge is 0.406 e. The Bertz CT molecular complexity index is 443. The number of hydrogen-bond donors (Lipinski definition) is 1. The average Bonchev–Trinajstić information content (AvgIpc) is 2.40. The van der Waals surface area contributed by atoms with Gasteiger partial charge in [0.25, 0.3) is 6.43 Å². The highest BCUT2D eigenvalue weighted by Crippen LogP contribution is 2.30. The van der Waals surface area contributed by atoms with Gasteiger partial charge in [0.2, 0.25) is 0 Å². The first-order chi connectivity index (χ1) is 9.87. The van der Waals surface area contributed by atoms with Crippen LogP contribution in [0.4, 0.5) is 22.0 Å². The minimum Gasteiger partial charge on any atom is -0.406 e. The molecule has 1 aliphatic rings. The van der Waals surface area contributed by atoms with Crippen LogP contribution in [-0.4, -0.2) is 43.9 Å². The normalized spacial score (nSPS) is 18.8. The Labute approximate surface area is 118 Å². The van der Waals surface area contributed by atoms with Crippen LogP contribution in [0.5, 0.6) is 5.75 Å². The highest BCUT2D eigenvalue weighted by Gasteiger charge is 2.32. The van der Waals surface area contributed by atoms with Gasteiger partial charge in [-0.2, -0.15) is 0 Å². The summed E-state index contributed by atoms with van der Waals surface area (Å²) in [5.74, 6) is -0.417. The molecule has 118 valence electrons. The molecule has 3 nitrogen and oxygen atoms in total. The maximum atomic E-state index is 13.3. The molecular weight excluding hydrogens is 295 g/mol. The van der Waals surface area contributed by atoms with E-state index in [2.05, 4.69) is 10.1 Å². The van der Waals surface area contributed by atoms with Gasteiger partial charge in [0, 0.05) is 26.2 Å². The molecule has 1 aromatic carbocycles. The third-order valence-electron chi connectivity index (χ3n) is 3.24. The molecule has 21 heavy (non-hydrogen) atoms. The Morgan fingerprint density at radius 1 is 1.05 bits per heavy atom. The zero-order chi connectivity index (χ0) is 15.5. The standard InChI is InChI=1S/C13H15F5N2O/c14-12(15)11(20-7-5-19-6-8-20)9-1-3-10(4-2-9)21-13(16,17)18/h1-4,11-12,19H,5-8H2/t11-/m1/s1. The van der Waals surface area contributed by atoms with E-state index in [4.69, 9.17) is 0 Å². The summed E-state index contributed by atoms with van der Waals surface area (Å²) in [4.78, 5) is 1.63. The molecule has 8 heteroatoms. The molecule has 1 N–H and O–H groups in total. The molecule has 1 atom stereocenters. The molecule has 0 saturated carbocycles. The van der Waals surface area contributed by atoms with E-state index < -0.39 is 24.6 Å². The molecule has 0 unspecified atom stereocenters. The SMILES string of the molecule is FC(F)[C@@H](c1ccc(OC(F)(F)F)cc1)N1CCNCC1. The molecule has 1 heterocycles. The maximum absolute atomic E-state index is 13.3. The quantitative estimate of drug-likeness (QED) is 0.866. The van der Waals surface area contributed by atoms with E-state index in [0.717, 1.165) is 12.1 Å². The molecule has 0 spiro atoms. The van der Waals surface area contributed by atoms with Gasteiger partial charge in [0.05, 0.1) is 6.04 Å². The van der Waals surface area contributed by atoms with Gasteiger partial charge in [0.1, 0.15) is 5.75 Å². The summed E-state index contributed by atoms with van der Waals surface area (Å²) in [6.45, 7) is 2.16. The monoisotopic (exact) mass is 310 g/mol. The van der Waals surface area contributed by atoms with E-state index >= 15 is 0 Å². The fourth-order valence-electron chi connectivity index (χ4n) is 2.34. The van der Waals surface area contributed by atoms with Crippen LogP contribution in [0.25, 0.3) is 0 Å². The highest BCUT2D eigenvalue weighted by atomic mass is 19.4. The first kappa shape index (κ1) is 16.0. The number of nitrogens with zero attached hydrogens (tertiary/aromatic N) is 1. The van der Waals surface area contributed by atoms with Crippen molar-refractivity contribution in [1.82, 2.24) is 10.2 Å². The summed E-state index contributed by atoms with van der Waals surface area (Å²) in [6.07, 6.45) is -7.40. The van der Waals surface area contributed by atoms with Crippen LogP contribution in [0.1, 0.15) is 11.6 Å². The second kappa shape index (κ2) is 6.57. The van der Waals surface area contributed by atoms with Crippen LogP contribution in [0.2, 0.25) is 0 Å². The van der Waals surface area contributed by atoms with Crippen molar-refractivity contribution in [3.63, 3.8) is 0 Å².